The number of rotatable bonds is 4. The Morgan fingerprint density at radius 2 is 1.70 bits per heavy atom. The molecule has 0 bridgehead atoms. The van der Waals surface area contributed by atoms with Crippen LogP contribution < -0.4 is 5.11 Å². The van der Waals surface area contributed by atoms with Crippen molar-refractivity contribution in [1.29, 1.82) is 0 Å². The number of benzene rings is 1. The number of halogens is 1. The molecule has 7 nitrogen and oxygen atoms in total. The number of aromatic carboxylic acids is 1. The predicted molar refractivity (Wildman–Crippen MR) is 74.7 cm³/mol. The van der Waals surface area contributed by atoms with Crippen LogP contribution in [0.5, 0.6) is 0 Å². The lowest BCUT2D eigenvalue weighted by molar-refractivity contribution is -0.870. The second-order valence-corrected chi connectivity index (χ2v) is 4.83. The van der Waals surface area contributed by atoms with E-state index in [0.29, 0.717) is 0 Å². The number of nitrogens with zero attached hydrogens (tertiary/aromatic N) is 2. The summed E-state index contributed by atoms with van der Waals surface area (Å²) in [6.45, 7) is 1.11. The summed E-state index contributed by atoms with van der Waals surface area (Å²) in [5, 5.41) is 28.7. The van der Waals surface area contributed by atoms with Crippen LogP contribution in [0.4, 0.5) is 5.69 Å². The van der Waals surface area contributed by atoms with E-state index in [4.69, 9.17) is 5.11 Å². The van der Waals surface area contributed by atoms with Gasteiger partial charge in [0.2, 0.25) is 0 Å². The van der Waals surface area contributed by atoms with Gasteiger partial charge < -0.3 is 19.5 Å². The zero-order valence-corrected chi connectivity index (χ0v) is 12.4. The van der Waals surface area contributed by atoms with Gasteiger partial charge in [-0.05, 0) is 17.7 Å². The second kappa shape index (κ2) is 9.24. The van der Waals surface area contributed by atoms with Gasteiger partial charge in [-0.25, -0.2) is 0 Å². The molecular weight excluding hydrogens is 288 g/mol. The van der Waals surface area contributed by atoms with Gasteiger partial charge in [0, 0.05) is 12.1 Å². The molecule has 0 radical (unpaired) electrons. The Morgan fingerprint density at radius 3 is 1.90 bits per heavy atom. The van der Waals surface area contributed by atoms with Crippen LogP contribution in [-0.2, 0) is 0 Å². The molecule has 0 spiro atoms. The van der Waals surface area contributed by atoms with Gasteiger partial charge in [0.1, 0.15) is 6.54 Å². The van der Waals surface area contributed by atoms with Crippen LogP contribution in [0, 0.1) is 10.1 Å². The highest BCUT2D eigenvalue weighted by molar-refractivity contribution is 5.86. The van der Waals surface area contributed by atoms with E-state index in [1.165, 1.54) is 0 Å². The minimum Gasteiger partial charge on any atom is -0.545 e. The molecule has 0 aliphatic carbocycles. The summed E-state index contributed by atoms with van der Waals surface area (Å²) in [6, 6.07) is 4.50. The molecule has 0 aliphatic heterocycles. The van der Waals surface area contributed by atoms with E-state index in [1.807, 2.05) is 0 Å². The van der Waals surface area contributed by atoms with E-state index in [9.17, 15) is 20.0 Å². The number of carbonyl (C=O) groups is 1. The number of likely N-dealkylation sites (N-methyl/N-ethyl adjacent to an activating group) is 1. The zero-order valence-electron chi connectivity index (χ0n) is 11.6. The quantitative estimate of drug-likeness (QED) is 0.481. The Kier molecular flexibility index (Phi) is 9.53. The maximum Gasteiger partial charge on any atom is 0.269 e. The van der Waals surface area contributed by atoms with Gasteiger partial charge in [-0.1, -0.05) is 0 Å². The van der Waals surface area contributed by atoms with E-state index in [-0.39, 0.29) is 30.3 Å². The van der Waals surface area contributed by atoms with Crippen molar-refractivity contribution < 1.29 is 24.4 Å². The van der Waals surface area contributed by atoms with E-state index in [1.54, 1.807) is 0 Å². The first kappa shape index (κ1) is 20.6. The summed E-state index contributed by atoms with van der Waals surface area (Å²) in [7, 11) is 6.16. The lowest BCUT2D eigenvalue weighted by Crippen LogP contribution is -2.36. The second-order valence-electron chi connectivity index (χ2n) is 4.83. The summed E-state index contributed by atoms with van der Waals surface area (Å²) < 4.78 is 0.844. The monoisotopic (exact) mass is 306 g/mol. The van der Waals surface area contributed by atoms with Crippen LogP contribution in [0.1, 0.15) is 10.4 Å². The molecule has 20 heavy (non-hydrogen) atoms. The number of aliphatic hydroxyl groups is 1. The third-order valence-electron chi connectivity index (χ3n) is 2.08. The number of non-ortho nitro benzene ring substituents is 1. The third-order valence-corrected chi connectivity index (χ3v) is 2.08. The molecule has 114 valence electrons. The predicted octanol–water partition coefficient (Wildman–Crippen LogP) is 0.0650. The van der Waals surface area contributed by atoms with Gasteiger partial charge in [0.05, 0.1) is 38.6 Å². The Hall–Kier alpha value is -1.70. The van der Waals surface area contributed by atoms with Crippen LogP contribution in [0.2, 0.25) is 0 Å². The highest BCUT2D eigenvalue weighted by Gasteiger charge is 2.03. The molecule has 0 atom stereocenters. The fourth-order valence-electron chi connectivity index (χ4n) is 1.02. The average molecular weight is 307 g/mol. The van der Waals surface area contributed by atoms with Gasteiger partial charge in [-0.3, -0.25) is 10.1 Å². The number of hydrogen-bond donors (Lipinski definition) is 1. The topological polar surface area (TPSA) is 104 Å². The molecule has 1 aromatic carbocycles. The Morgan fingerprint density at radius 1 is 1.25 bits per heavy atom. The maximum atomic E-state index is 10.2. The summed E-state index contributed by atoms with van der Waals surface area (Å²) in [5.74, 6) is -1.34. The van der Waals surface area contributed by atoms with Crippen molar-refractivity contribution in [3.63, 3.8) is 0 Å². The van der Waals surface area contributed by atoms with E-state index in [0.717, 1.165) is 35.3 Å². The minimum absolute atomic E-state index is 0. The summed E-state index contributed by atoms with van der Waals surface area (Å²) in [6.07, 6.45) is 0. The van der Waals surface area contributed by atoms with Crippen molar-refractivity contribution >= 4 is 24.1 Å². The number of hydrogen-bond acceptors (Lipinski definition) is 5. The molecule has 0 saturated heterocycles. The van der Waals surface area contributed by atoms with Gasteiger partial charge in [-0.2, -0.15) is 0 Å². The Balaban J connectivity index is 0. The van der Waals surface area contributed by atoms with Crippen LogP contribution in [0.3, 0.4) is 0 Å². The normalized spacial score (nSPS) is 9.80. The molecule has 8 heteroatoms. The molecule has 1 rings (SSSR count). The summed E-state index contributed by atoms with van der Waals surface area (Å²) in [4.78, 5) is 19.7. The lowest BCUT2D eigenvalue weighted by Gasteiger charge is -2.21. The largest absolute Gasteiger partial charge is 0.545 e. The maximum absolute atomic E-state index is 10.2. The number of carboxylic acid groups (broad SMARTS) is 1. The number of aliphatic hydroxyl groups excluding tert-OH is 1. The van der Waals surface area contributed by atoms with Crippen LogP contribution >= 0.6 is 12.4 Å². The first-order chi connectivity index (χ1) is 8.67. The molecular formula is C12H19ClN2O5. The minimum atomic E-state index is -1.34. The Bertz CT molecular complexity index is 395. The summed E-state index contributed by atoms with van der Waals surface area (Å²) >= 11 is 0. The van der Waals surface area contributed by atoms with E-state index in [2.05, 4.69) is 21.1 Å². The molecule has 0 aliphatic rings. The molecule has 0 heterocycles. The average Bonchev–Trinajstić information content (AvgIpc) is 2.28. The highest BCUT2D eigenvalue weighted by Crippen LogP contribution is 2.10. The molecule has 0 unspecified atom stereocenters. The molecule has 1 aromatic rings. The van der Waals surface area contributed by atoms with E-state index < -0.39 is 10.9 Å². The molecule has 0 saturated carbocycles. The SMILES string of the molecule is C[N+](C)(C)CCO.Cl.O=C([O-])c1ccc([N+](=O)[O-])cc1. The van der Waals surface area contributed by atoms with Crippen molar-refractivity contribution in [2.24, 2.45) is 0 Å². The van der Waals surface area contributed by atoms with Gasteiger partial charge >= 0.3 is 0 Å². The van der Waals surface area contributed by atoms with Crippen molar-refractivity contribution in [3.8, 4) is 0 Å². The van der Waals surface area contributed by atoms with Crippen LogP contribution in [-0.4, -0.2) is 54.8 Å². The number of carbonyl (C=O) groups excluding carboxylic acids is 1. The molecule has 0 aromatic heterocycles. The first-order valence-corrected chi connectivity index (χ1v) is 5.54. The fourth-order valence-corrected chi connectivity index (χ4v) is 1.02. The van der Waals surface area contributed by atoms with Crippen LogP contribution in [0.25, 0.3) is 0 Å². The fraction of sp³-hybridized carbons (Fsp3) is 0.417. The number of nitro benzene ring substituents is 1. The van der Waals surface area contributed by atoms with Crippen molar-refractivity contribution in [3.05, 3.63) is 39.9 Å². The molecule has 0 amide bonds. The van der Waals surface area contributed by atoms with Crippen molar-refractivity contribution in [2.45, 2.75) is 0 Å². The van der Waals surface area contributed by atoms with Crippen molar-refractivity contribution in [2.75, 3.05) is 34.3 Å². The first-order valence-electron chi connectivity index (χ1n) is 5.54. The molecule has 1 N–H and O–H groups in total. The van der Waals surface area contributed by atoms with Crippen LogP contribution in [0.15, 0.2) is 24.3 Å². The Labute approximate surface area is 123 Å². The smallest absolute Gasteiger partial charge is 0.269 e. The lowest BCUT2D eigenvalue weighted by atomic mass is 10.2. The highest BCUT2D eigenvalue weighted by atomic mass is 35.5. The summed E-state index contributed by atoms with van der Waals surface area (Å²) in [5.41, 5.74) is -0.208. The third kappa shape index (κ3) is 9.26. The standard InChI is InChI=1S/C7H5NO4.C5H14NO.ClH/c9-7(10)5-1-3-6(4-2-5)8(11)12;1-6(2,3)4-5-7;/h1-4H,(H,9,10);7H,4-5H2,1-3H3;1H/q;+1;/p-1. The number of carboxylic acids is 1. The number of quaternary nitrogens is 1. The molecule has 0 fully saturated rings. The van der Waals surface area contributed by atoms with Gasteiger partial charge in [0.25, 0.3) is 5.69 Å². The van der Waals surface area contributed by atoms with Gasteiger partial charge in [0.15, 0.2) is 0 Å². The zero-order chi connectivity index (χ0) is 15.1. The van der Waals surface area contributed by atoms with Gasteiger partial charge in [-0.15, -0.1) is 12.4 Å². The van der Waals surface area contributed by atoms with Crippen molar-refractivity contribution in [1.82, 2.24) is 0 Å². The number of nitro groups is 1. The van der Waals surface area contributed by atoms with E-state index >= 15 is 0 Å².